The number of piperidine rings is 1. The van der Waals surface area contributed by atoms with Gasteiger partial charge in [0.05, 0.1) is 22.9 Å². The smallest absolute Gasteiger partial charge is 0.278 e. The topological polar surface area (TPSA) is 103 Å². The number of aromatic hydroxyl groups is 1. The van der Waals surface area contributed by atoms with Gasteiger partial charge in [0.1, 0.15) is 5.65 Å². The molecule has 3 N–H and O–H groups in total. The maximum absolute atomic E-state index is 13.4. The van der Waals surface area contributed by atoms with Crippen molar-refractivity contribution in [3.63, 3.8) is 0 Å². The molecule has 2 fully saturated rings. The largest absolute Gasteiger partial charge is 0.504 e. The first-order chi connectivity index (χ1) is 15.5. The average Bonchev–Trinajstić information content (AvgIpc) is 3.32. The molecule has 3 aliphatic carbocycles. The van der Waals surface area contributed by atoms with E-state index in [0.29, 0.717) is 35.0 Å². The summed E-state index contributed by atoms with van der Waals surface area (Å²) < 4.78 is 7.85. The van der Waals surface area contributed by atoms with Gasteiger partial charge in [-0.1, -0.05) is 6.07 Å². The second-order valence-electron chi connectivity index (χ2n) is 10.4. The summed E-state index contributed by atoms with van der Waals surface area (Å²) in [6.45, 7) is 1.88. The number of aromatic amines is 1. The van der Waals surface area contributed by atoms with Crippen LogP contribution in [0.2, 0.25) is 0 Å². The van der Waals surface area contributed by atoms with E-state index in [1.807, 2.05) is 6.07 Å². The standard InChI is InChI=1S/C24H24N4O4/c29-15-4-3-13-9-16-24(31)10-14-19(26-17-5-7-25-28(17)22(14)30)21-23(24,18(13)20(15)32-21)6-8-27(16)11-12-1-2-12/h3-5,7,12,16,21,26,29,31H,1-2,6,8-11H2/t16-,21+,23+,24-/m1/s1. The number of phenols is 1. The van der Waals surface area contributed by atoms with Crippen molar-refractivity contribution >= 4 is 5.65 Å². The van der Waals surface area contributed by atoms with Gasteiger partial charge in [0.25, 0.3) is 5.56 Å². The van der Waals surface area contributed by atoms with Gasteiger partial charge in [-0.2, -0.15) is 9.61 Å². The van der Waals surface area contributed by atoms with Crippen LogP contribution in [0.3, 0.4) is 0 Å². The molecule has 4 heterocycles. The Morgan fingerprint density at radius 2 is 2.16 bits per heavy atom. The Balaban J connectivity index is 1.44. The molecule has 1 saturated carbocycles. The summed E-state index contributed by atoms with van der Waals surface area (Å²) in [5, 5.41) is 27.5. The molecule has 5 aliphatic rings. The van der Waals surface area contributed by atoms with Gasteiger partial charge in [-0.05, 0) is 49.8 Å². The van der Waals surface area contributed by atoms with Crippen molar-refractivity contribution in [2.24, 2.45) is 5.92 Å². The van der Waals surface area contributed by atoms with E-state index >= 15 is 0 Å². The highest BCUT2D eigenvalue weighted by Gasteiger charge is 2.73. The molecule has 2 aliphatic heterocycles. The number of hydrogen-bond acceptors (Lipinski definition) is 6. The Labute approximate surface area is 183 Å². The number of ether oxygens (including phenoxy) is 1. The molecule has 0 unspecified atom stereocenters. The summed E-state index contributed by atoms with van der Waals surface area (Å²) >= 11 is 0. The van der Waals surface area contributed by atoms with Gasteiger partial charge in [-0.3, -0.25) is 9.69 Å². The highest BCUT2D eigenvalue weighted by Crippen LogP contribution is 2.68. The third-order valence-corrected chi connectivity index (χ3v) is 8.90. The number of likely N-dealkylation sites (tertiary alicyclic amines) is 1. The van der Waals surface area contributed by atoms with Crippen molar-refractivity contribution < 1.29 is 14.9 Å². The van der Waals surface area contributed by atoms with Crippen molar-refractivity contribution in [2.45, 2.75) is 55.3 Å². The molecular formula is C24H24N4O4. The minimum atomic E-state index is -1.16. The number of aliphatic hydroxyl groups is 1. The van der Waals surface area contributed by atoms with Crippen LogP contribution in [0, 0.1) is 5.92 Å². The summed E-state index contributed by atoms with van der Waals surface area (Å²) in [6.07, 6.45) is 5.25. The van der Waals surface area contributed by atoms with Gasteiger partial charge >= 0.3 is 0 Å². The molecule has 0 amide bonds. The fraction of sp³-hybridized carbons (Fsp3) is 0.500. The van der Waals surface area contributed by atoms with Crippen LogP contribution in [0.25, 0.3) is 5.65 Å². The zero-order valence-electron chi connectivity index (χ0n) is 17.5. The first-order valence-electron chi connectivity index (χ1n) is 11.6. The zero-order chi connectivity index (χ0) is 21.4. The number of fused-ring (bicyclic) bond motifs is 3. The van der Waals surface area contributed by atoms with Gasteiger partial charge in [0.2, 0.25) is 0 Å². The fourth-order valence-corrected chi connectivity index (χ4v) is 7.35. The molecule has 4 atom stereocenters. The molecule has 1 saturated heterocycles. The number of aromatic nitrogens is 3. The predicted molar refractivity (Wildman–Crippen MR) is 114 cm³/mol. The van der Waals surface area contributed by atoms with Crippen LogP contribution in [0.1, 0.15) is 47.8 Å². The molecule has 2 bridgehead atoms. The first kappa shape index (κ1) is 17.7. The molecule has 8 rings (SSSR count). The van der Waals surface area contributed by atoms with Crippen LogP contribution >= 0.6 is 0 Å². The lowest BCUT2D eigenvalue weighted by atomic mass is 9.49. The number of nitrogens with zero attached hydrogens (tertiary/aromatic N) is 3. The van der Waals surface area contributed by atoms with E-state index < -0.39 is 17.1 Å². The van der Waals surface area contributed by atoms with E-state index in [1.54, 1.807) is 18.3 Å². The molecule has 164 valence electrons. The lowest BCUT2D eigenvalue weighted by Gasteiger charge is -2.62. The van der Waals surface area contributed by atoms with E-state index in [2.05, 4.69) is 15.0 Å². The third kappa shape index (κ3) is 1.82. The molecule has 8 heteroatoms. The molecular weight excluding hydrogens is 408 g/mol. The van der Waals surface area contributed by atoms with Gasteiger partial charge in [0.15, 0.2) is 17.6 Å². The Hall–Kier alpha value is -2.84. The SMILES string of the molecule is O=c1c2c([nH]c3ccnn13)[C@@H]1Oc3c(O)ccc4c3[C@@]13CCN(CC1CC1)[C@H](C4)[C@]3(O)C2. The second kappa shape index (κ2) is 5.38. The zero-order valence-corrected chi connectivity index (χ0v) is 17.5. The predicted octanol–water partition coefficient (Wildman–Crippen LogP) is 1.43. The summed E-state index contributed by atoms with van der Waals surface area (Å²) in [4.78, 5) is 19.3. The van der Waals surface area contributed by atoms with Crippen LogP contribution in [0.4, 0.5) is 0 Å². The quantitative estimate of drug-likeness (QED) is 0.566. The molecule has 1 aromatic carbocycles. The van der Waals surface area contributed by atoms with Crippen molar-refractivity contribution in [3.05, 3.63) is 57.1 Å². The monoisotopic (exact) mass is 432 g/mol. The maximum atomic E-state index is 13.4. The van der Waals surface area contributed by atoms with Gasteiger partial charge in [0, 0.05) is 36.2 Å². The highest BCUT2D eigenvalue weighted by atomic mass is 16.5. The average molecular weight is 432 g/mol. The number of rotatable bonds is 2. The van der Waals surface area contributed by atoms with Crippen molar-refractivity contribution in [1.82, 2.24) is 19.5 Å². The van der Waals surface area contributed by atoms with Crippen LogP contribution in [-0.2, 0) is 18.3 Å². The fourth-order valence-electron chi connectivity index (χ4n) is 7.35. The van der Waals surface area contributed by atoms with Gasteiger partial charge in [-0.25, -0.2) is 0 Å². The van der Waals surface area contributed by atoms with E-state index in [0.717, 1.165) is 30.6 Å². The lowest BCUT2D eigenvalue weighted by molar-refractivity contribution is -0.173. The third-order valence-electron chi connectivity index (χ3n) is 8.90. The minimum Gasteiger partial charge on any atom is -0.504 e. The lowest BCUT2D eigenvalue weighted by Crippen LogP contribution is -2.75. The van der Waals surface area contributed by atoms with Gasteiger partial charge < -0.3 is 19.9 Å². The summed E-state index contributed by atoms with van der Waals surface area (Å²) in [5.74, 6) is 1.29. The molecule has 0 radical (unpaired) electrons. The Morgan fingerprint density at radius 1 is 1.28 bits per heavy atom. The van der Waals surface area contributed by atoms with Crippen molar-refractivity contribution in [1.29, 1.82) is 0 Å². The van der Waals surface area contributed by atoms with E-state index in [9.17, 15) is 15.0 Å². The number of phenolic OH excluding ortho intramolecular Hbond substituents is 1. The van der Waals surface area contributed by atoms with Gasteiger partial charge in [-0.15, -0.1) is 0 Å². The number of benzene rings is 1. The normalized spacial score (nSPS) is 34.3. The van der Waals surface area contributed by atoms with E-state index in [4.69, 9.17) is 4.74 Å². The van der Waals surface area contributed by atoms with Crippen molar-refractivity contribution in [3.8, 4) is 11.5 Å². The van der Waals surface area contributed by atoms with Crippen LogP contribution < -0.4 is 10.3 Å². The summed E-state index contributed by atoms with van der Waals surface area (Å²) in [6, 6.07) is 5.38. The summed E-state index contributed by atoms with van der Waals surface area (Å²) in [7, 11) is 0. The van der Waals surface area contributed by atoms with Crippen molar-refractivity contribution in [2.75, 3.05) is 13.1 Å². The molecule has 32 heavy (non-hydrogen) atoms. The number of H-pyrrole nitrogens is 1. The van der Waals surface area contributed by atoms with Crippen LogP contribution in [0.15, 0.2) is 29.2 Å². The van der Waals surface area contributed by atoms with Crippen LogP contribution in [-0.4, -0.2) is 54.4 Å². The second-order valence-corrected chi connectivity index (χ2v) is 10.4. The molecule has 8 nitrogen and oxygen atoms in total. The Bertz CT molecular complexity index is 1390. The Kier molecular flexibility index (Phi) is 2.97. The number of hydrogen-bond donors (Lipinski definition) is 3. The van der Waals surface area contributed by atoms with E-state index in [1.165, 1.54) is 17.4 Å². The molecule has 1 spiro atoms. The van der Waals surface area contributed by atoms with Crippen LogP contribution in [0.5, 0.6) is 11.5 Å². The molecule has 3 aromatic rings. The summed E-state index contributed by atoms with van der Waals surface area (Å²) in [5.41, 5.74) is 1.91. The number of nitrogens with one attached hydrogen (secondary N) is 1. The Morgan fingerprint density at radius 3 is 3.00 bits per heavy atom. The minimum absolute atomic E-state index is 0.0909. The molecule has 2 aromatic heterocycles. The van der Waals surface area contributed by atoms with E-state index in [-0.39, 0.29) is 23.8 Å². The highest BCUT2D eigenvalue weighted by molar-refractivity contribution is 5.64. The maximum Gasteiger partial charge on any atom is 0.278 e. The first-order valence-corrected chi connectivity index (χ1v) is 11.6.